The maximum atomic E-state index is 13.3. The summed E-state index contributed by atoms with van der Waals surface area (Å²) in [6.45, 7) is 3.73. The topological polar surface area (TPSA) is 80.5 Å². The van der Waals surface area contributed by atoms with Crippen LogP contribution in [0.1, 0.15) is 27.0 Å². The highest BCUT2D eigenvalue weighted by atomic mass is 35.5. The van der Waals surface area contributed by atoms with Gasteiger partial charge in [-0.25, -0.2) is 4.83 Å². The number of aromatic nitrogens is 1. The summed E-state index contributed by atoms with van der Waals surface area (Å²) in [6.07, 6.45) is 1.32. The smallest absolute Gasteiger partial charge is 0.268 e. The number of carbonyl (C=O) groups is 1. The first-order valence-corrected chi connectivity index (χ1v) is 11.7. The molecule has 4 aromatic rings. The summed E-state index contributed by atoms with van der Waals surface area (Å²) in [5, 5.41) is 4.74. The van der Waals surface area contributed by atoms with Crippen molar-refractivity contribution in [1.82, 2.24) is 9.40 Å². The highest BCUT2D eigenvalue weighted by molar-refractivity contribution is 7.89. The Morgan fingerprint density at radius 1 is 0.969 bits per heavy atom. The third-order valence-electron chi connectivity index (χ3n) is 5.13. The second-order valence-electron chi connectivity index (χ2n) is 7.34. The molecule has 0 bridgehead atoms. The summed E-state index contributed by atoms with van der Waals surface area (Å²) in [7, 11) is -3.84. The summed E-state index contributed by atoms with van der Waals surface area (Å²) in [6, 6.07) is 20.9. The molecule has 4 rings (SSSR count). The van der Waals surface area contributed by atoms with Crippen LogP contribution in [0.25, 0.3) is 10.9 Å². The molecule has 0 saturated carbocycles. The van der Waals surface area contributed by atoms with Gasteiger partial charge in [0.1, 0.15) is 5.15 Å². The van der Waals surface area contributed by atoms with Crippen LogP contribution < -0.4 is 4.83 Å². The van der Waals surface area contributed by atoms with Crippen LogP contribution in [0.5, 0.6) is 0 Å². The predicted molar refractivity (Wildman–Crippen MR) is 127 cm³/mol. The molecule has 1 N–H and O–H groups in total. The molecule has 6 nitrogen and oxygen atoms in total. The van der Waals surface area contributed by atoms with Crippen molar-refractivity contribution in [3.63, 3.8) is 0 Å². The third-order valence-corrected chi connectivity index (χ3v) is 6.74. The third kappa shape index (κ3) is 4.04. The van der Waals surface area contributed by atoms with Gasteiger partial charge >= 0.3 is 0 Å². The van der Waals surface area contributed by atoms with Gasteiger partial charge < -0.3 is 0 Å². The molecule has 0 spiro atoms. The van der Waals surface area contributed by atoms with E-state index in [0.717, 1.165) is 11.1 Å². The summed E-state index contributed by atoms with van der Waals surface area (Å²) in [5.74, 6) is -0.274. The van der Waals surface area contributed by atoms with Crippen LogP contribution in [-0.2, 0) is 10.0 Å². The Kier molecular flexibility index (Phi) is 5.86. The van der Waals surface area contributed by atoms with Gasteiger partial charge in [-0.2, -0.15) is 13.5 Å². The van der Waals surface area contributed by atoms with Crippen LogP contribution in [0.2, 0.25) is 5.15 Å². The van der Waals surface area contributed by atoms with Crippen LogP contribution in [-0.4, -0.2) is 25.1 Å². The normalized spacial score (nSPS) is 11.8. The lowest BCUT2D eigenvalue weighted by atomic mass is 10.1. The van der Waals surface area contributed by atoms with E-state index >= 15 is 0 Å². The molecule has 0 unspecified atom stereocenters. The number of fused-ring (bicyclic) bond motifs is 1. The second kappa shape index (κ2) is 8.61. The van der Waals surface area contributed by atoms with E-state index in [-0.39, 0.29) is 16.0 Å². The fourth-order valence-electron chi connectivity index (χ4n) is 3.42. The van der Waals surface area contributed by atoms with Gasteiger partial charge in [0.2, 0.25) is 0 Å². The van der Waals surface area contributed by atoms with Crippen LogP contribution in [0.3, 0.4) is 0 Å². The lowest BCUT2D eigenvalue weighted by Gasteiger charge is -2.08. The van der Waals surface area contributed by atoms with Crippen LogP contribution >= 0.6 is 11.6 Å². The Hall–Kier alpha value is -3.42. The number of nitrogens with zero attached hydrogens (tertiary/aromatic N) is 2. The van der Waals surface area contributed by atoms with Crippen molar-refractivity contribution in [2.45, 2.75) is 18.7 Å². The van der Waals surface area contributed by atoms with Gasteiger partial charge in [0, 0.05) is 16.5 Å². The Balaban J connectivity index is 1.73. The number of nitrogens with one attached hydrogen (secondary N) is 1. The maximum Gasteiger partial charge on any atom is 0.276 e. The van der Waals surface area contributed by atoms with E-state index in [0.29, 0.717) is 22.0 Å². The number of hydrogen-bond acceptors (Lipinski definition) is 4. The first-order valence-electron chi connectivity index (χ1n) is 9.80. The van der Waals surface area contributed by atoms with Gasteiger partial charge in [0.15, 0.2) is 0 Å². The minimum absolute atomic E-state index is 0.100. The van der Waals surface area contributed by atoms with Crippen LogP contribution in [0.4, 0.5) is 0 Å². The summed E-state index contributed by atoms with van der Waals surface area (Å²) in [4.78, 5) is 15.6. The number of carbonyl (C=O) groups excluding carboxylic acids is 1. The van der Waals surface area contributed by atoms with Gasteiger partial charge in [-0.15, -0.1) is 0 Å². The van der Waals surface area contributed by atoms with E-state index in [1.165, 1.54) is 22.9 Å². The number of para-hydroxylation sites is 1. The van der Waals surface area contributed by atoms with Gasteiger partial charge in [0.05, 0.1) is 16.6 Å². The summed E-state index contributed by atoms with van der Waals surface area (Å²) in [5.41, 5.74) is 3.35. The molecule has 32 heavy (non-hydrogen) atoms. The van der Waals surface area contributed by atoms with E-state index < -0.39 is 10.0 Å². The fourth-order valence-corrected chi connectivity index (χ4v) is 4.53. The molecule has 1 aromatic heterocycles. The van der Waals surface area contributed by atoms with Crippen molar-refractivity contribution in [1.29, 1.82) is 0 Å². The number of hydrogen-bond donors (Lipinski definition) is 1. The Morgan fingerprint density at radius 2 is 1.62 bits per heavy atom. The first kappa shape index (κ1) is 21.8. The fraction of sp³-hybridized carbons (Fsp3) is 0.0833. The molecule has 0 radical (unpaired) electrons. The average molecular weight is 466 g/mol. The zero-order chi connectivity index (χ0) is 22.9. The number of halogens is 1. The van der Waals surface area contributed by atoms with Crippen molar-refractivity contribution in [2.75, 3.05) is 0 Å². The number of benzene rings is 3. The zero-order valence-corrected chi connectivity index (χ0v) is 19.0. The Bertz CT molecular complexity index is 1460. The molecular weight excluding hydrogens is 446 g/mol. The zero-order valence-electron chi connectivity index (χ0n) is 17.4. The SMILES string of the molecule is Cc1ccc(S(=O)(=O)NN=Cc2c(Cl)n(C(=O)c3ccccc3C)c3ccccc23)cc1. The molecule has 0 fully saturated rings. The molecule has 0 aliphatic rings. The van der Waals surface area contributed by atoms with Crippen LogP contribution in [0, 0.1) is 13.8 Å². The Labute approximate surface area is 191 Å². The molecule has 0 amide bonds. The molecule has 162 valence electrons. The van der Waals surface area contributed by atoms with Crippen molar-refractivity contribution >= 4 is 44.6 Å². The number of sulfonamides is 1. The van der Waals surface area contributed by atoms with Crippen molar-refractivity contribution < 1.29 is 13.2 Å². The summed E-state index contributed by atoms with van der Waals surface area (Å²) < 4.78 is 26.4. The van der Waals surface area contributed by atoms with Gasteiger partial charge in [-0.3, -0.25) is 9.36 Å². The minimum Gasteiger partial charge on any atom is -0.268 e. The molecule has 8 heteroatoms. The highest BCUT2D eigenvalue weighted by Gasteiger charge is 2.21. The van der Waals surface area contributed by atoms with Crippen molar-refractivity contribution in [3.8, 4) is 0 Å². The number of rotatable bonds is 5. The maximum absolute atomic E-state index is 13.3. The number of hydrazone groups is 1. The van der Waals surface area contributed by atoms with E-state index in [9.17, 15) is 13.2 Å². The number of aryl methyl sites for hydroxylation is 2. The molecule has 0 atom stereocenters. The molecule has 1 heterocycles. The molecule has 0 aliphatic heterocycles. The van der Waals surface area contributed by atoms with Gasteiger partial charge in [-0.1, -0.05) is 65.7 Å². The molecule has 0 saturated heterocycles. The van der Waals surface area contributed by atoms with Crippen molar-refractivity contribution in [2.24, 2.45) is 5.10 Å². The molecular formula is C24H20ClN3O3S. The van der Waals surface area contributed by atoms with E-state index in [2.05, 4.69) is 9.93 Å². The quantitative estimate of drug-likeness (QED) is 0.336. The van der Waals surface area contributed by atoms with Gasteiger partial charge in [0.25, 0.3) is 15.9 Å². The molecule has 3 aromatic carbocycles. The summed E-state index contributed by atoms with van der Waals surface area (Å²) >= 11 is 6.61. The lowest BCUT2D eigenvalue weighted by Crippen LogP contribution is -2.18. The second-order valence-corrected chi connectivity index (χ2v) is 9.36. The van der Waals surface area contributed by atoms with E-state index in [1.807, 2.05) is 32.0 Å². The molecule has 0 aliphatic carbocycles. The first-order chi connectivity index (χ1) is 15.3. The van der Waals surface area contributed by atoms with E-state index in [1.54, 1.807) is 42.5 Å². The van der Waals surface area contributed by atoms with E-state index in [4.69, 9.17) is 11.6 Å². The predicted octanol–water partition coefficient (Wildman–Crippen LogP) is 4.91. The van der Waals surface area contributed by atoms with Gasteiger partial charge in [-0.05, 0) is 43.7 Å². The lowest BCUT2D eigenvalue weighted by molar-refractivity contribution is 0.0964. The monoisotopic (exact) mass is 465 g/mol. The van der Waals surface area contributed by atoms with Crippen molar-refractivity contribution in [3.05, 3.63) is 100 Å². The van der Waals surface area contributed by atoms with Crippen LogP contribution in [0.15, 0.2) is 82.8 Å². The average Bonchev–Trinajstić information content (AvgIpc) is 3.05. The highest BCUT2D eigenvalue weighted by Crippen LogP contribution is 2.30. The largest absolute Gasteiger partial charge is 0.276 e. The standard InChI is InChI=1S/C24H20ClN3O3S/c1-16-11-13-18(14-12-16)32(30,31)27-26-15-21-20-9-5-6-10-22(20)28(23(21)25)24(29)19-8-4-3-7-17(19)2/h3-15,27H,1-2H3. The minimum atomic E-state index is -3.84. The Morgan fingerprint density at radius 3 is 2.34 bits per heavy atom.